The van der Waals surface area contributed by atoms with Gasteiger partial charge in [-0.2, -0.15) is 0 Å². The summed E-state index contributed by atoms with van der Waals surface area (Å²) in [7, 11) is 0. The van der Waals surface area contributed by atoms with Crippen molar-refractivity contribution >= 4 is 16.7 Å². The van der Waals surface area contributed by atoms with Crippen molar-refractivity contribution in [1.29, 1.82) is 0 Å². The molecule has 1 aliphatic rings. The van der Waals surface area contributed by atoms with Gasteiger partial charge in [-0.3, -0.25) is 0 Å². The number of nitrogen functional groups attached to an aromatic ring is 1. The summed E-state index contributed by atoms with van der Waals surface area (Å²) in [6.45, 7) is 2.08. The van der Waals surface area contributed by atoms with Gasteiger partial charge in [0.1, 0.15) is 11.9 Å². The minimum absolute atomic E-state index is 0.440. The second-order valence-corrected chi connectivity index (χ2v) is 5.38. The highest BCUT2D eigenvalue weighted by atomic mass is 16.3. The van der Waals surface area contributed by atoms with Crippen molar-refractivity contribution in [3.05, 3.63) is 30.9 Å². The summed E-state index contributed by atoms with van der Waals surface area (Å²) < 4.78 is 7.54. The lowest BCUT2D eigenvalue weighted by molar-refractivity contribution is 0.378. The van der Waals surface area contributed by atoms with Crippen molar-refractivity contribution in [2.75, 3.05) is 18.8 Å². The van der Waals surface area contributed by atoms with Crippen LogP contribution < -0.4 is 11.1 Å². The van der Waals surface area contributed by atoms with Gasteiger partial charge in [-0.1, -0.05) is 0 Å². The number of aromatic nitrogens is 3. The first kappa shape index (κ1) is 12.4. The molecule has 0 bridgehead atoms. The Bertz CT molecular complexity index is 756. The number of hydrogen-bond donors (Lipinski definition) is 2. The number of nitrogens with two attached hydrogens (primary N) is 1. The van der Waals surface area contributed by atoms with E-state index in [1.54, 1.807) is 12.4 Å². The van der Waals surface area contributed by atoms with Crippen molar-refractivity contribution in [2.24, 2.45) is 0 Å². The van der Waals surface area contributed by atoms with E-state index in [1.165, 1.54) is 19.1 Å². The Morgan fingerprint density at radius 1 is 1.38 bits per heavy atom. The fourth-order valence-electron chi connectivity index (χ4n) is 3.02. The molecule has 6 nitrogen and oxygen atoms in total. The van der Waals surface area contributed by atoms with Crippen LogP contribution in [0.15, 0.2) is 35.3 Å². The molecule has 3 N–H and O–H groups in total. The van der Waals surface area contributed by atoms with Gasteiger partial charge < -0.3 is 20.0 Å². The standard InChI is InChI=1S/C15H17N5O/c16-13-11-3-6-20(10-2-1-4-17-8-10)14(11)19-9-12(13)15-18-5-7-21-15/h3,5-7,9-10,17H,1-2,4,8H2,(H2,16,19). The Balaban J connectivity index is 1.81. The van der Waals surface area contributed by atoms with Gasteiger partial charge in [0, 0.05) is 30.4 Å². The molecule has 0 aromatic carbocycles. The molecule has 108 valence electrons. The molecule has 6 heteroatoms. The Morgan fingerprint density at radius 2 is 2.33 bits per heavy atom. The average molecular weight is 283 g/mol. The zero-order chi connectivity index (χ0) is 14.2. The van der Waals surface area contributed by atoms with Gasteiger partial charge in [0.15, 0.2) is 0 Å². The number of hydrogen-bond acceptors (Lipinski definition) is 5. The van der Waals surface area contributed by atoms with Crippen molar-refractivity contribution in [3.63, 3.8) is 0 Å². The highest BCUT2D eigenvalue weighted by molar-refractivity contribution is 5.95. The predicted octanol–water partition coefficient (Wildman–Crippen LogP) is 2.20. The van der Waals surface area contributed by atoms with Gasteiger partial charge >= 0.3 is 0 Å². The van der Waals surface area contributed by atoms with Gasteiger partial charge in [0.05, 0.1) is 17.4 Å². The van der Waals surface area contributed by atoms with E-state index in [4.69, 9.17) is 10.2 Å². The van der Waals surface area contributed by atoms with Crippen LogP contribution in [0.25, 0.3) is 22.5 Å². The zero-order valence-corrected chi connectivity index (χ0v) is 11.6. The molecule has 1 unspecified atom stereocenters. The monoisotopic (exact) mass is 283 g/mol. The number of anilines is 1. The third-order valence-corrected chi connectivity index (χ3v) is 4.11. The maximum atomic E-state index is 6.28. The van der Waals surface area contributed by atoms with E-state index in [1.807, 2.05) is 6.07 Å². The molecular weight excluding hydrogens is 266 g/mol. The molecule has 0 aliphatic carbocycles. The smallest absolute Gasteiger partial charge is 0.229 e. The summed E-state index contributed by atoms with van der Waals surface area (Å²) in [4.78, 5) is 8.74. The van der Waals surface area contributed by atoms with Gasteiger partial charge in [-0.25, -0.2) is 9.97 Å². The van der Waals surface area contributed by atoms with E-state index >= 15 is 0 Å². The molecule has 1 atom stereocenters. The number of pyridine rings is 1. The summed E-state index contributed by atoms with van der Waals surface area (Å²) in [5, 5.41) is 4.39. The van der Waals surface area contributed by atoms with E-state index in [2.05, 4.69) is 26.0 Å². The Hall–Kier alpha value is -2.34. The minimum atomic E-state index is 0.440. The summed E-state index contributed by atoms with van der Waals surface area (Å²) in [5.74, 6) is 0.508. The molecule has 0 radical (unpaired) electrons. The van der Waals surface area contributed by atoms with Crippen LogP contribution in [-0.2, 0) is 0 Å². The lowest BCUT2D eigenvalue weighted by Gasteiger charge is -2.24. The van der Waals surface area contributed by atoms with Crippen LogP contribution in [0.2, 0.25) is 0 Å². The molecule has 4 heterocycles. The second kappa shape index (κ2) is 4.89. The summed E-state index contributed by atoms with van der Waals surface area (Å²) in [5.41, 5.74) is 8.63. The molecule has 3 aromatic heterocycles. The molecule has 1 fully saturated rings. The quantitative estimate of drug-likeness (QED) is 0.753. The number of oxazole rings is 1. The highest BCUT2D eigenvalue weighted by Gasteiger charge is 2.19. The van der Waals surface area contributed by atoms with Crippen LogP contribution in [0, 0.1) is 0 Å². The first-order valence-electron chi connectivity index (χ1n) is 7.20. The van der Waals surface area contributed by atoms with Crippen LogP contribution in [0.1, 0.15) is 18.9 Å². The maximum absolute atomic E-state index is 6.28. The first-order valence-corrected chi connectivity index (χ1v) is 7.20. The SMILES string of the molecule is Nc1c(-c2ncco2)cnc2c1ccn2C1CCCNC1. The first-order chi connectivity index (χ1) is 10.3. The van der Waals surface area contributed by atoms with E-state index < -0.39 is 0 Å². The maximum Gasteiger partial charge on any atom is 0.229 e. The van der Waals surface area contributed by atoms with Crippen LogP contribution >= 0.6 is 0 Å². The van der Waals surface area contributed by atoms with E-state index in [0.29, 0.717) is 17.6 Å². The Kier molecular flexibility index (Phi) is 2.89. The third-order valence-electron chi connectivity index (χ3n) is 4.11. The van der Waals surface area contributed by atoms with Crippen molar-refractivity contribution in [2.45, 2.75) is 18.9 Å². The number of rotatable bonds is 2. The summed E-state index contributed by atoms with van der Waals surface area (Å²) >= 11 is 0. The largest absolute Gasteiger partial charge is 0.444 e. The fourth-order valence-corrected chi connectivity index (χ4v) is 3.02. The fraction of sp³-hybridized carbons (Fsp3) is 0.333. The van der Waals surface area contributed by atoms with Crippen LogP contribution in [0.5, 0.6) is 0 Å². The van der Waals surface area contributed by atoms with Crippen molar-refractivity contribution < 1.29 is 4.42 Å². The topological polar surface area (TPSA) is 81.9 Å². The molecular formula is C15H17N5O. The summed E-state index contributed by atoms with van der Waals surface area (Å²) in [6.07, 6.45) is 9.32. The predicted molar refractivity (Wildman–Crippen MR) is 80.8 cm³/mol. The van der Waals surface area contributed by atoms with Gasteiger partial charge in [0.2, 0.25) is 5.89 Å². The second-order valence-electron chi connectivity index (χ2n) is 5.38. The molecule has 0 saturated carbocycles. The van der Waals surface area contributed by atoms with Crippen LogP contribution in [0.4, 0.5) is 5.69 Å². The van der Waals surface area contributed by atoms with Gasteiger partial charge in [-0.05, 0) is 25.5 Å². The van der Waals surface area contributed by atoms with Crippen molar-refractivity contribution in [1.82, 2.24) is 19.9 Å². The molecule has 0 spiro atoms. The molecule has 0 amide bonds. The number of fused-ring (bicyclic) bond motifs is 1. The number of piperidine rings is 1. The lowest BCUT2D eigenvalue weighted by atomic mass is 10.1. The summed E-state index contributed by atoms with van der Waals surface area (Å²) in [6, 6.07) is 2.47. The van der Waals surface area contributed by atoms with E-state index in [9.17, 15) is 0 Å². The molecule has 1 aliphatic heterocycles. The minimum Gasteiger partial charge on any atom is -0.444 e. The van der Waals surface area contributed by atoms with Crippen LogP contribution in [0.3, 0.4) is 0 Å². The van der Waals surface area contributed by atoms with E-state index in [0.717, 1.165) is 29.7 Å². The van der Waals surface area contributed by atoms with Gasteiger partial charge in [-0.15, -0.1) is 0 Å². The molecule has 3 aromatic rings. The average Bonchev–Trinajstić information content (AvgIpc) is 3.18. The Labute approximate surface area is 122 Å². The number of nitrogens with zero attached hydrogens (tertiary/aromatic N) is 3. The highest BCUT2D eigenvalue weighted by Crippen LogP contribution is 2.32. The zero-order valence-electron chi connectivity index (χ0n) is 11.6. The van der Waals surface area contributed by atoms with Crippen molar-refractivity contribution in [3.8, 4) is 11.5 Å². The molecule has 21 heavy (non-hydrogen) atoms. The third kappa shape index (κ3) is 1.99. The van der Waals surface area contributed by atoms with E-state index in [-0.39, 0.29) is 0 Å². The van der Waals surface area contributed by atoms with Crippen LogP contribution in [-0.4, -0.2) is 27.6 Å². The normalized spacial score (nSPS) is 19.1. The lowest BCUT2D eigenvalue weighted by Crippen LogP contribution is -2.31. The molecule has 4 rings (SSSR count). The molecule has 1 saturated heterocycles. The Morgan fingerprint density at radius 3 is 3.10 bits per heavy atom. The van der Waals surface area contributed by atoms with Gasteiger partial charge in [0.25, 0.3) is 0 Å². The number of nitrogens with one attached hydrogen (secondary N) is 1.